The molecule has 1 aromatic carbocycles. The van der Waals surface area contributed by atoms with E-state index in [1.165, 1.54) is 6.92 Å². The SMILES string of the molecule is CCN(CC(=O)Nc1ccc(NC(C)=O)cc1)CC(=O)NC(C)C(C)C. The highest BCUT2D eigenvalue weighted by molar-refractivity contribution is 5.93. The molecule has 3 amide bonds. The van der Waals surface area contributed by atoms with E-state index in [4.69, 9.17) is 0 Å². The second-order valence-electron chi connectivity index (χ2n) is 6.71. The molecular weight excluding hydrogens is 332 g/mol. The summed E-state index contributed by atoms with van der Waals surface area (Å²) >= 11 is 0. The molecule has 0 spiro atoms. The van der Waals surface area contributed by atoms with Crippen LogP contribution in [-0.4, -0.2) is 48.3 Å². The molecule has 0 bridgehead atoms. The first-order valence-electron chi connectivity index (χ1n) is 8.90. The molecule has 7 heteroatoms. The number of benzene rings is 1. The van der Waals surface area contributed by atoms with Gasteiger partial charge >= 0.3 is 0 Å². The largest absolute Gasteiger partial charge is 0.352 e. The van der Waals surface area contributed by atoms with Crippen molar-refractivity contribution in [3.8, 4) is 0 Å². The maximum atomic E-state index is 12.2. The van der Waals surface area contributed by atoms with E-state index >= 15 is 0 Å². The van der Waals surface area contributed by atoms with E-state index in [9.17, 15) is 14.4 Å². The molecule has 0 saturated carbocycles. The van der Waals surface area contributed by atoms with Gasteiger partial charge in [-0.3, -0.25) is 19.3 Å². The van der Waals surface area contributed by atoms with E-state index in [0.29, 0.717) is 23.8 Å². The van der Waals surface area contributed by atoms with Crippen molar-refractivity contribution in [2.24, 2.45) is 5.92 Å². The number of anilines is 2. The van der Waals surface area contributed by atoms with E-state index < -0.39 is 0 Å². The zero-order chi connectivity index (χ0) is 19.7. The number of hydrogen-bond acceptors (Lipinski definition) is 4. The van der Waals surface area contributed by atoms with Crippen LogP contribution in [0.4, 0.5) is 11.4 Å². The quantitative estimate of drug-likeness (QED) is 0.627. The van der Waals surface area contributed by atoms with Gasteiger partial charge in [0.2, 0.25) is 17.7 Å². The molecule has 0 aliphatic rings. The summed E-state index contributed by atoms with van der Waals surface area (Å²) in [5, 5.41) is 8.40. The fourth-order valence-electron chi connectivity index (χ4n) is 2.19. The Morgan fingerprint density at radius 3 is 1.88 bits per heavy atom. The van der Waals surface area contributed by atoms with Gasteiger partial charge in [-0.2, -0.15) is 0 Å². The molecule has 1 unspecified atom stereocenters. The van der Waals surface area contributed by atoms with Gasteiger partial charge in [0.1, 0.15) is 0 Å². The Balaban J connectivity index is 2.51. The molecule has 0 radical (unpaired) electrons. The highest BCUT2D eigenvalue weighted by Crippen LogP contribution is 2.13. The van der Waals surface area contributed by atoms with Gasteiger partial charge in [0.15, 0.2) is 0 Å². The van der Waals surface area contributed by atoms with Crippen LogP contribution in [0.1, 0.15) is 34.6 Å². The van der Waals surface area contributed by atoms with Crippen molar-refractivity contribution in [1.29, 1.82) is 0 Å². The molecule has 0 aliphatic carbocycles. The summed E-state index contributed by atoms with van der Waals surface area (Å²) in [4.78, 5) is 37.1. The van der Waals surface area contributed by atoms with Crippen LogP contribution >= 0.6 is 0 Å². The first-order valence-corrected chi connectivity index (χ1v) is 8.90. The summed E-state index contributed by atoms with van der Waals surface area (Å²) in [6.45, 7) is 10.3. The molecule has 0 aromatic heterocycles. The lowest BCUT2D eigenvalue weighted by Crippen LogP contribution is -2.44. The molecule has 144 valence electrons. The second-order valence-corrected chi connectivity index (χ2v) is 6.71. The van der Waals surface area contributed by atoms with Gasteiger partial charge in [0.05, 0.1) is 13.1 Å². The van der Waals surface area contributed by atoms with Gasteiger partial charge in [0.25, 0.3) is 0 Å². The topological polar surface area (TPSA) is 90.5 Å². The standard InChI is InChI=1S/C19H30N4O3/c1-6-23(11-18(25)20-14(4)13(2)3)12-19(26)22-17-9-7-16(8-10-17)21-15(5)24/h7-10,13-14H,6,11-12H2,1-5H3,(H,20,25)(H,21,24)(H,22,26). The predicted molar refractivity (Wildman–Crippen MR) is 104 cm³/mol. The third kappa shape index (κ3) is 8.11. The summed E-state index contributed by atoms with van der Waals surface area (Å²) < 4.78 is 0. The number of likely N-dealkylation sites (N-methyl/N-ethyl adjacent to an activating group) is 1. The van der Waals surface area contributed by atoms with E-state index in [2.05, 4.69) is 16.0 Å². The van der Waals surface area contributed by atoms with E-state index in [-0.39, 0.29) is 36.9 Å². The Bertz CT molecular complexity index is 614. The first-order chi connectivity index (χ1) is 12.2. The number of nitrogens with zero attached hydrogens (tertiary/aromatic N) is 1. The summed E-state index contributed by atoms with van der Waals surface area (Å²) in [5.41, 5.74) is 1.31. The summed E-state index contributed by atoms with van der Waals surface area (Å²) in [6.07, 6.45) is 0. The molecule has 0 fully saturated rings. The zero-order valence-electron chi connectivity index (χ0n) is 16.3. The van der Waals surface area contributed by atoms with Gasteiger partial charge in [-0.05, 0) is 43.7 Å². The molecule has 1 rings (SSSR count). The number of hydrogen-bond donors (Lipinski definition) is 3. The Hall–Kier alpha value is -2.41. The van der Waals surface area contributed by atoms with Crippen LogP contribution in [0.2, 0.25) is 0 Å². The van der Waals surface area contributed by atoms with Crippen molar-refractivity contribution in [1.82, 2.24) is 10.2 Å². The highest BCUT2D eigenvalue weighted by Gasteiger charge is 2.16. The Morgan fingerprint density at radius 1 is 0.923 bits per heavy atom. The van der Waals surface area contributed by atoms with Crippen LogP contribution in [0.25, 0.3) is 0 Å². The fourth-order valence-corrected chi connectivity index (χ4v) is 2.19. The average molecular weight is 362 g/mol. The maximum absolute atomic E-state index is 12.2. The maximum Gasteiger partial charge on any atom is 0.238 e. The minimum atomic E-state index is -0.191. The predicted octanol–water partition coefficient (Wildman–Crippen LogP) is 2.07. The Kier molecular flexibility index (Phi) is 8.78. The third-order valence-electron chi connectivity index (χ3n) is 4.06. The fraction of sp³-hybridized carbons (Fsp3) is 0.526. The summed E-state index contributed by atoms with van der Waals surface area (Å²) in [6, 6.07) is 6.97. The van der Waals surface area contributed by atoms with Crippen LogP contribution in [0.3, 0.4) is 0 Å². The molecule has 0 saturated heterocycles. The Morgan fingerprint density at radius 2 is 1.42 bits per heavy atom. The lowest BCUT2D eigenvalue weighted by atomic mass is 10.1. The minimum absolute atomic E-state index is 0.0829. The molecule has 0 aliphatic heterocycles. The van der Waals surface area contributed by atoms with Gasteiger partial charge in [-0.1, -0.05) is 20.8 Å². The molecule has 1 aromatic rings. The van der Waals surface area contributed by atoms with Crippen LogP contribution in [0.5, 0.6) is 0 Å². The smallest absolute Gasteiger partial charge is 0.238 e. The molecule has 7 nitrogen and oxygen atoms in total. The highest BCUT2D eigenvalue weighted by atomic mass is 16.2. The Labute approximate surface area is 155 Å². The zero-order valence-corrected chi connectivity index (χ0v) is 16.3. The van der Waals surface area contributed by atoms with Crippen LogP contribution in [-0.2, 0) is 14.4 Å². The number of amides is 3. The van der Waals surface area contributed by atoms with Gasteiger partial charge < -0.3 is 16.0 Å². The number of nitrogens with one attached hydrogen (secondary N) is 3. The van der Waals surface area contributed by atoms with Crippen molar-refractivity contribution in [2.75, 3.05) is 30.3 Å². The number of rotatable bonds is 9. The van der Waals surface area contributed by atoms with Crippen molar-refractivity contribution in [3.63, 3.8) is 0 Å². The number of carbonyl (C=O) groups is 3. The van der Waals surface area contributed by atoms with Crippen LogP contribution < -0.4 is 16.0 Å². The van der Waals surface area contributed by atoms with Crippen molar-refractivity contribution in [2.45, 2.75) is 40.7 Å². The average Bonchev–Trinajstić information content (AvgIpc) is 2.55. The lowest BCUT2D eigenvalue weighted by molar-refractivity contribution is -0.124. The molecule has 1 atom stereocenters. The van der Waals surface area contributed by atoms with Gasteiger partial charge in [0, 0.05) is 24.3 Å². The van der Waals surface area contributed by atoms with Crippen LogP contribution in [0, 0.1) is 5.92 Å². The van der Waals surface area contributed by atoms with Crippen molar-refractivity contribution >= 4 is 29.1 Å². The van der Waals surface area contributed by atoms with Crippen molar-refractivity contribution < 1.29 is 14.4 Å². The van der Waals surface area contributed by atoms with Crippen molar-refractivity contribution in [3.05, 3.63) is 24.3 Å². The van der Waals surface area contributed by atoms with E-state index in [1.807, 2.05) is 27.7 Å². The van der Waals surface area contributed by atoms with Gasteiger partial charge in [-0.25, -0.2) is 0 Å². The monoisotopic (exact) mass is 362 g/mol. The first kappa shape index (κ1) is 21.6. The third-order valence-corrected chi connectivity index (χ3v) is 4.06. The molecule has 3 N–H and O–H groups in total. The van der Waals surface area contributed by atoms with E-state index in [1.54, 1.807) is 29.2 Å². The number of carbonyl (C=O) groups excluding carboxylic acids is 3. The summed E-state index contributed by atoms with van der Waals surface area (Å²) in [5.74, 6) is -0.0624. The molecular formula is C19H30N4O3. The minimum Gasteiger partial charge on any atom is -0.352 e. The second kappa shape index (κ2) is 10.6. The van der Waals surface area contributed by atoms with Crippen LogP contribution in [0.15, 0.2) is 24.3 Å². The molecule has 0 heterocycles. The van der Waals surface area contributed by atoms with Gasteiger partial charge in [-0.15, -0.1) is 0 Å². The normalized spacial score (nSPS) is 12.0. The lowest BCUT2D eigenvalue weighted by Gasteiger charge is -2.22. The summed E-state index contributed by atoms with van der Waals surface area (Å²) in [7, 11) is 0. The van der Waals surface area contributed by atoms with E-state index in [0.717, 1.165) is 0 Å². The molecule has 26 heavy (non-hydrogen) atoms.